The van der Waals surface area contributed by atoms with Crippen molar-refractivity contribution in [3.05, 3.63) is 47.3 Å². The fraction of sp³-hybridized carbons (Fsp3) is 0.667. The summed E-state index contributed by atoms with van der Waals surface area (Å²) in [7, 11) is 0. The molecule has 0 amide bonds. The van der Waals surface area contributed by atoms with E-state index in [1.54, 1.807) is 0 Å². The van der Waals surface area contributed by atoms with Gasteiger partial charge in [0.15, 0.2) is 5.83 Å². The molecule has 4 heteroatoms. The number of rotatable bonds is 11. The summed E-state index contributed by atoms with van der Waals surface area (Å²) in [4.78, 5) is 12.7. The van der Waals surface area contributed by atoms with Gasteiger partial charge in [-0.3, -0.25) is 4.79 Å². The van der Waals surface area contributed by atoms with Gasteiger partial charge in [0.25, 0.3) is 0 Å². The lowest BCUT2D eigenvalue weighted by molar-refractivity contribution is -0.157. The molecule has 2 aliphatic carbocycles. The normalized spacial score (nSPS) is 25.5. The average molecular weight is 468 g/mol. The molecule has 0 aliphatic heterocycles. The molecule has 2 aliphatic rings. The van der Waals surface area contributed by atoms with E-state index in [9.17, 15) is 9.18 Å². The Kier molecular flexibility index (Phi) is 11.1. The molecular weight excluding hydrogens is 425 g/mol. The van der Waals surface area contributed by atoms with Crippen LogP contribution in [-0.2, 0) is 16.0 Å². The van der Waals surface area contributed by atoms with E-state index in [2.05, 4.69) is 31.2 Å². The van der Waals surface area contributed by atoms with Crippen LogP contribution in [0.4, 0.5) is 4.39 Å². The molecule has 1 aromatic carbocycles. The monoisotopic (exact) mass is 467 g/mol. The second-order valence-corrected chi connectivity index (χ2v) is 10.4. The Labute approximate surface area is 205 Å². The van der Waals surface area contributed by atoms with Gasteiger partial charge in [0.05, 0.1) is 5.92 Å². The third kappa shape index (κ3) is 8.57. The van der Waals surface area contributed by atoms with Crippen LogP contribution >= 0.6 is 0 Å². The Morgan fingerprint density at radius 3 is 2.38 bits per heavy atom. The van der Waals surface area contributed by atoms with Crippen LogP contribution in [0.15, 0.2) is 36.2 Å². The molecule has 2 saturated carbocycles. The maximum atomic E-state index is 12.9. The minimum absolute atomic E-state index is 0.00949. The lowest BCUT2D eigenvalue weighted by Gasteiger charge is -2.31. The van der Waals surface area contributed by atoms with E-state index in [0.717, 1.165) is 57.8 Å². The Balaban J connectivity index is 1.33. The number of unbranched alkanes of at least 4 members (excludes halogenated alkanes) is 3. The first-order valence-corrected chi connectivity index (χ1v) is 13.6. The molecule has 0 bridgehead atoms. The van der Waals surface area contributed by atoms with E-state index in [1.165, 1.54) is 55.4 Å². The number of esters is 1. The number of allylic oxidation sites excluding steroid dienone is 2. The molecule has 0 heterocycles. The predicted molar refractivity (Wildman–Crippen MR) is 135 cm³/mol. The number of carbonyl (C=O) groups excluding carboxylic acids is 1. The molecule has 1 aromatic rings. The lowest BCUT2D eigenvalue weighted by atomic mass is 9.79. The van der Waals surface area contributed by atoms with Crippen molar-refractivity contribution in [1.82, 2.24) is 0 Å². The molecule has 0 radical (unpaired) electrons. The van der Waals surface area contributed by atoms with E-state index in [-0.39, 0.29) is 18.0 Å². The minimum Gasteiger partial charge on any atom is -0.462 e. The van der Waals surface area contributed by atoms with Gasteiger partial charge in [-0.2, -0.15) is 9.65 Å². The largest absolute Gasteiger partial charge is 0.462 e. The predicted octanol–water partition coefficient (Wildman–Crippen LogP) is 8.34. The molecule has 0 aromatic heterocycles. The number of carbonyl (C=O) groups is 1. The average Bonchev–Trinajstić information content (AvgIpc) is 2.88. The summed E-state index contributed by atoms with van der Waals surface area (Å²) in [5.74, 6) is 0.418. The molecule has 186 valence electrons. The van der Waals surface area contributed by atoms with Gasteiger partial charge >= 0.3 is 5.97 Å². The highest BCUT2D eigenvalue weighted by atomic mass is 19.1. The third-order valence-electron chi connectivity index (χ3n) is 7.91. The van der Waals surface area contributed by atoms with E-state index >= 15 is 0 Å². The fourth-order valence-corrected chi connectivity index (χ4v) is 5.67. The van der Waals surface area contributed by atoms with Crippen LogP contribution in [0.25, 0.3) is 0 Å². The van der Waals surface area contributed by atoms with E-state index in [1.807, 2.05) is 0 Å². The van der Waals surface area contributed by atoms with Gasteiger partial charge in [-0.25, -0.2) is 0 Å². The molecule has 34 heavy (non-hydrogen) atoms. The highest BCUT2D eigenvalue weighted by Gasteiger charge is 2.30. The number of halogens is 1. The van der Waals surface area contributed by atoms with Crippen LogP contribution in [0, 0.1) is 23.2 Å². The third-order valence-corrected chi connectivity index (χ3v) is 7.91. The van der Waals surface area contributed by atoms with Crippen LogP contribution in [-0.4, -0.2) is 12.1 Å². The number of hydrogen-bond acceptors (Lipinski definition) is 3. The minimum atomic E-state index is -0.693. The molecule has 0 saturated heterocycles. The Morgan fingerprint density at radius 1 is 1.03 bits per heavy atom. The molecular formula is C30H42FNO2. The van der Waals surface area contributed by atoms with Crippen molar-refractivity contribution in [3.63, 3.8) is 0 Å². The lowest BCUT2D eigenvalue weighted by Crippen LogP contribution is -2.29. The number of hydrogen-bond donors (Lipinski definition) is 0. The standard InChI is InChI=1S/C30H42FNO2/c1-2-3-4-5-7-23-10-14-25(15-11-23)26-18-20-29(21-19-26)34-30(33)27-16-12-24(13-17-27)8-6-9-28(31)22-32/h9-11,14-15,24,26-27,29H,2-8,12-13,16-21H2,1H3/b28-9+. The number of ether oxygens (including phenoxy) is 1. The van der Waals surface area contributed by atoms with Gasteiger partial charge in [-0.1, -0.05) is 50.5 Å². The van der Waals surface area contributed by atoms with Gasteiger partial charge in [0.2, 0.25) is 0 Å². The SMILES string of the molecule is CCCCCCc1ccc(C2CCC(OC(=O)C3CCC(CC/C=C(/F)C#N)CC3)CC2)cc1. The van der Waals surface area contributed by atoms with Crippen molar-refractivity contribution in [3.8, 4) is 6.07 Å². The van der Waals surface area contributed by atoms with Crippen molar-refractivity contribution < 1.29 is 13.9 Å². The molecule has 0 N–H and O–H groups in total. The first-order chi connectivity index (χ1) is 16.6. The van der Waals surface area contributed by atoms with Crippen molar-refractivity contribution in [2.75, 3.05) is 0 Å². The second-order valence-electron chi connectivity index (χ2n) is 10.4. The molecule has 3 rings (SSSR count). The van der Waals surface area contributed by atoms with Crippen molar-refractivity contribution >= 4 is 5.97 Å². The Hall–Kier alpha value is -2.15. The van der Waals surface area contributed by atoms with Crippen molar-refractivity contribution in [2.24, 2.45) is 11.8 Å². The van der Waals surface area contributed by atoms with Crippen LogP contribution in [0.5, 0.6) is 0 Å². The van der Waals surface area contributed by atoms with Gasteiger partial charge in [-0.05, 0) is 106 Å². The first-order valence-electron chi connectivity index (χ1n) is 13.6. The summed E-state index contributed by atoms with van der Waals surface area (Å²) in [6.07, 6.45) is 17.2. The van der Waals surface area contributed by atoms with E-state index < -0.39 is 5.83 Å². The maximum absolute atomic E-state index is 12.9. The Bertz CT molecular complexity index is 809. The van der Waals surface area contributed by atoms with Crippen molar-refractivity contribution in [1.29, 1.82) is 5.26 Å². The van der Waals surface area contributed by atoms with E-state index in [0.29, 0.717) is 18.3 Å². The van der Waals surface area contributed by atoms with Gasteiger partial charge in [0, 0.05) is 0 Å². The zero-order valence-electron chi connectivity index (χ0n) is 20.9. The maximum Gasteiger partial charge on any atom is 0.309 e. The second kappa shape index (κ2) is 14.3. The number of nitrogens with zero attached hydrogens (tertiary/aromatic N) is 1. The van der Waals surface area contributed by atoms with Gasteiger partial charge in [-0.15, -0.1) is 0 Å². The zero-order valence-corrected chi connectivity index (χ0v) is 20.9. The molecule has 0 atom stereocenters. The summed E-state index contributed by atoms with van der Waals surface area (Å²) in [5.41, 5.74) is 2.88. The summed E-state index contributed by atoms with van der Waals surface area (Å²) < 4.78 is 18.8. The Morgan fingerprint density at radius 2 is 1.74 bits per heavy atom. The number of nitriles is 1. The summed E-state index contributed by atoms with van der Waals surface area (Å²) in [6.45, 7) is 2.25. The van der Waals surface area contributed by atoms with E-state index in [4.69, 9.17) is 10.00 Å². The quantitative estimate of drug-likeness (QED) is 0.187. The van der Waals surface area contributed by atoms with Crippen molar-refractivity contribution in [2.45, 2.75) is 115 Å². The number of aryl methyl sites for hydroxylation is 1. The summed E-state index contributed by atoms with van der Waals surface area (Å²) in [6, 6.07) is 10.8. The van der Waals surface area contributed by atoms with Gasteiger partial charge < -0.3 is 4.74 Å². The molecule has 0 spiro atoms. The van der Waals surface area contributed by atoms with Crippen LogP contribution in [0.2, 0.25) is 0 Å². The zero-order chi connectivity index (χ0) is 24.2. The number of benzene rings is 1. The topological polar surface area (TPSA) is 50.1 Å². The first kappa shape index (κ1) is 26.5. The van der Waals surface area contributed by atoms with Crippen LogP contribution in [0.1, 0.15) is 114 Å². The smallest absolute Gasteiger partial charge is 0.309 e. The highest BCUT2D eigenvalue weighted by Crippen LogP contribution is 2.36. The van der Waals surface area contributed by atoms with Crippen LogP contribution in [0.3, 0.4) is 0 Å². The molecule has 0 unspecified atom stereocenters. The molecule has 3 nitrogen and oxygen atoms in total. The summed E-state index contributed by atoms with van der Waals surface area (Å²) >= 11 is 0. The van der Waals surface area contributed by atoms with Gasteiger partial charge in [0.1, 0.15) is 12.2 Å². The fourth-order valence-electron chi connectivity index (χ4n) is 5.67. The highest BCUT2D eigenvalue weighted by molar-refractivity contribution is 5.72. The van der Waals surface area contributed by atoms with Crippen LogP contribution < -0.4 is 0 Å². The summed E-state index contributed by atoms with van der Waals surface area (Å²) in [5, 5.41) is 8.48. The molecule has 2 fully saturated rings.